The molecular weight excluding hydrogens is 314 g/mol. The van der Waals surface area contributed by atoms with Gasteiger partial charge in [-0.25, -0.2) is 4.79 Å². The van der Waals surface area contributed by atoms with Crippen molar-refractivity contribution in [2.75, 3.05) is 0 Å². The monoisotopic (exact) mass is 337 g/mol. The van der Waals surface area contributed by atoms with Crippen LogP contribution in [0.1, 0.15) is 52.4 Å². The average molecular weight is 337 g/mol. The molecule has 1 aliphatic rings. The van der Waals surface area contributed by atoms with Crippen LogP contribution in [0.3, 0.4) is 0 Å². The Morgan fingerprint density at radius 3 is 2.56 bits per heavy atom. The highest BCUT2D eigenvalue weighted by atomic mass is 16.2. The first-order valence-electron chi connectivity index (χ1n) is 8.64. The Morgan fingerprint density at radius 2 is 1.80 bits per heavy atom. The van der Waals surface area contributed by atoms with Gasteiger partial charge in [-0.3, -0.25) is 4.79 Å². The van der Waals surface area contributed by atoms with Crippen molar-refractivity contribution in [3.05, 3.63) is 70.8 Å². The zero-order valence-corrected chi connectivity index (χ0v) is 14.1. The third-order valence-electron chi connectivity index (χ3n) is 4.61. The Hall–Kier alpha value is -2.82. The highest BCUT2D eigenvalue weighted by Gasteiger charge is 2.20. The summed E-state index contributed by atoms with van der Waals surface area (Å²) in [7, 11) is 0. The predicted molar refractivity (Wildman–Crippen MR) is 97.1 cm³/mol. The second-order valence-electron chi connectivity index (χ2n) is 6.39. The summed E-state index contributed by atoms with van der Waals surface area (Å²) in [6, 6.07) is 15.1. The van der Waals surface area contributed by atoms with Gasteiger partial charge in [0, 0.05) is 12.1 Å². The maximum Gasteiger partial charge on any atom is 0.312 e. The normalized spacial score (nSPS) is 16.4. The quantitative estimate of drug-likeness (QED) is 0.749. The molecule has 3 amide bonds. The summed E-state index contributed by atoms with van der Waals surface area (Å²) < 4.78 is 0. The lowest BCUT2D eigenvalue weighted by Gasteiger charge is -2.19. The molecule has 0 unspecified atom stereocenters. The van der Waals surface area contributed by atoms with Crippen molar-refractivity contribution in [2.24, 2.45) is 5.73 Å². The van der Waals surface area contributed by atoms with E-state index in [4.69, 9.17) is 5.73 Å². The maximum atomic E-state index is 12.6. The minimum absolute atomic E-state index is 0.0578. The summed E-state index contributed by atoms with van der Waals surface area (Å²) in [4.78, 5) is 23.4. The molecule has 3 rings (SSSR count). The van der Waals surface area contributed by atoms with Gasteiger partial charge in [0.1, 0.15) is 0 Å². The minimum atomic E-state index is -0.561. The Bertz CT molecular complexity index is 756. The van der Waals surface area contributed by atoms with Gasteiger partial charge in [0.2, 0.25) is 0 Å². The second-order valence-corrected chi connectivity index (χ2v) is 6.39. The van der Waals surface area contributed by atoms with Crippen molar-refractivity contribution in [1.82, 2.24) is 10.6 Å². The molecule has 0 aliphatic heterocycles. The molecule has 5 nitrogen and oxygen atoms in total. The molecule has 5 heteroatoms. The highest BCUT2D eigenvalue weighted by molar-refractivity contribution is 5.94. The molecule has 1 aliphatic carbocycles. The fourth-order valence-corrected chi connectivity index (χ4v) is 3.28. The summed E-state index contributed by atoms with van der Waals surface area (Å²) in [6.45, 7) is 0.354. The molecule has 4 N–H and O–H groups in total. The molecule has 25 heavy (non-hydrogen) atoms. The SMILES string of the molecule is NC(=O)NCc1ccc(C(=O)N[C@H]2CCCCc3ccccc32)cc1. The van der Waals surface area contributed by atoms with E-state index in [1.165, 1.54) is 11.1 Å². The van der Waals surface area contributed by atoms with Crippen LogP contribution in [0, 0.1) is 0 Å². The molecule has 0 fully saturated rings. The number of amides is 3. The number of aryl methyl sites for hydroxylation is 1. The fourth-order valence-electron chi connectivity index (χ4n) is 3.28. The third-order valence-corrected chi connectivity index (χ3v) is 4.61. The molecule has 0 spiro atoms. The summed E-state index contributed by atoms with van der Waals surface area (Å²) in [6.07, 6.45) is 4.30. The topological polar surface area (TPSA) is 84.2 Å². The van der Waals surface area contributed by atoms with Gasteiger partial charge < -0.3 is 16.4 Å². The molecule has 0 radical (unpaired) electrons. The second kappa shape index (κ2) is 7.83. The van der Waals surface area contributed by atoms with Crippen molar-refractivity contribution < 1.29 is 9.59 Å². The van der Waals surface area contributed by atoms with Gasteiger partial charge in [-0.2, -0.15) is 0 Å². The molecule has 2 aromatic rings. The largest absolute Gasteiger partial charge is 0.352 e. The van der Waals surface area contributed by atoms with E-state index in [1.807, 2.05) is 18.2 Å². The smallest absolute Gasteiger partial charge is 0.312 e. The van der Waals surface area contributed by atoms with E-state index in [0.29, 0.717) is 12.1 Å². The van der Waals surface area contributed by atoms with Crippen LogP contribution in [0.5, 0.6) is 0 Å². The van der Waals surface area contributed by atoms with Gasteiger partial charge in [-0.1, -0.05) is 42.8 Å². The summed E-state index contributed by atoms with van der Waals surface area (Å²) >= 11 is 0. The lowest BCUT2D eigenvalue weighted by Crippen LogP contribution is -2.29. The van der Waals surface area contributed by atoms with Gasteiger partial charge in [-0.05, 0) is 48.1 Å². The van der Waals surface area contributed by atoms with E-state index < -0.39 is 6.03 Å². The van der Waals surface area contributed by atoms with Gasteiger partial charge in [0.25, 0.3) is 5.91 Å². The standard InChI is InChI=1S/C20H23N3O2/c21-20(25)22-13-14-9-11-16(12-10-14)19(24)23-18-8-4-2-6-15-5-1-3-7-17(15)18/h1,3,5,7,9-12,18H,2,4,6,8,13H2,(H,23,24)(H3,21,22,25)/t18-/m0/s1. The van der Waals surface area contributed by atoms with E-state index in [2.05, 4.69) is 28.8 Å². The average Bonchev–Trinajstić information content (AvgIpc) is 2.83. The van der Waals surface area contributed by atoms with Crippen molar-refractivity contribution in [2.45, 2.75) is 38.3 Å². The number of nitrogens with two attached hydrogens (primary N) is 1. The molecule has 0 bridgehead atoms. The Morgan fingerprint density at radius 1 is 1.04 bits per heavy atom. The van der Waals surface area contributed by atoms with Crippen molar-refractivity contribution in [3.8, 4) is 0 Å². The van der Waals surface area contributed by atoms with Crippen LogP contribution in [0.4, 0.5) is 4.79 Å². The van der Waals surface area contributed by atoms with Gasteiger partial charge >= 0.3 is 6.03 Å². The zero-order valence-electron chi connectivity index (χ0n) is 14.1. The van der Waals surface area contributed by atoms with E-state index in [9.17, 15) is 9.59 Å². The van der Waals surface area contributed by atoms with E-state index >= 15 is 0 Å². The molecule has 0 saturated carbocycles. The van der Waals surface area contributed by atoms with Crippen LogP contribution in [0.25, 0.3) is 0 Å². The number of nitrogens with one attached hydrogen (secondary N) is 2. The zero-order chi connectivity index (χ0) is 17.6. The van der Waals surface area contributed by atoms with Crippen LogP contribution in [0.15, 0.2) is 48.5 Å². The van der Waals surface area contributed by atoms with E-state index in [-0.39, 0.29) is 11.9 Å². The van der Waals surface area contributed by atoms with Gasteiger partial charge in [0.05, 0.1) is 6.04 Å². The van der Waals surface area contributed by atoms with Crippen LogP contribution < -0.4 is 16.4 Å². The van der Waals surface area contributed by atoms with Crippen LogP contribution >= 0.6 is 0 Å². The minimum Gasteiger partial charge on any atom is -0.352 e. The molecular formula is C20H23N3O2. The van der Waals surface area contributed by atoms with E-state index in [0.717, 1.165) is 31.2 Å². The molecule has 2 aromatic carbocycles. The number of benzene rings is 2. The number of rotatable bonds is 4. The predicted octanol–water partition coefficient (Wildman–Crippen LogP) is 3.05. The number of hydrogen-bond donors (Lipinski definition) is 3. The van der Waals surface area contributed by atoms with Gasteiger partial charge in [-0.15, -0.1) is 0 Å². The molecule has 0 heterocycles. The molecule has 0 saturated heterocycles. The summed E-state index contributed by atoms with van der Waals surface area (Å²) in [5.74, 6) is -0.0730. The third kappa shape index (κ3) is 4.38. The van der Waals surface area contributed by atoms with Crippen molar-refractivity contribution in [1.29, 1.82) is 0 Å². The molecule has 130 valence electrons. The number of fused-ring (bicyclic) bond motifs is 1. The number of primary amides is 1. The molecule has 1 atom stereocenters. The maximum absolute atomic E-state index is 12.6. The van der Waals surface area contributed by atoms with Crippen LogP contribution in [0.2, 0.25) is 0 Å². The summed E-state index contributed by atoms with van der Waals surface area (Å²) in [5, 5.41) is 5.70. The first kappa shape index (κ1) is 17.0. The van der Waals surface area contributed by atoms with Crippen LogP contribution in [-0.4, -0.2) is 11.9 Å². The lowest BCUT2D eigenvalue weighted by atomic mass is 9.98. The number of carbonyl (C=O) groups is 2. The Kier molecular flexibility index (Phi) is 5.33. The van der Waals surface area contributed by atoms with Crippen molar-refractivity contribution in [3.63, 3.8) is 0 Å². The Labute approximate surface area is 147 Å². The number of hydrogen-bond acceptors (Lipinski definition) is 2. The lowest BCUT2D eigenvalue weighted by molar-refractivity contribution is 0.0934. The summed E-state index contributed by atoms with van der Waals surface area (Å²) in [5.41, 5.74) is 9.14. The fraction of sp³-hybridized carbons (Fsp3) is 0.300. The first-order valence-corrected chi connectivity index (χ1v) is 8.64. The van der Waals surface area contributed by atoms with Crippen molar-refractivity contribution >= 4 is 11.9 Å². The number of urea groups is 1. The first-order chi connectivity index (χ1) is 12.1. The highest BCUT2D eigenvalue weighted by Crippen LogP contribution is 2.28. The van der Waals surface area contributed by atoms with Gasteiger partial charge in [0.15, 0.2) is 0 Å². The van der Waals surface area contributed by atoms with Crippen LogP contribution in [-0.2, 0) is 13.0 Å². The van der Waals surface area contributed by atoms with E-state index in [1.54, 1.807) is 12.1 Å². The molecule has 0 aromatic heterocycles. The Balaban J connectivity index is 1.69. The number of carbonyl (C=O) groups excluding carboxylic acids is 2.